The Labute approximate surface area is 89.3 Å². The predicted molar refractivity (Wildman–Crippen MR) is 57.4 cm³/mol. The van der Waals surface area contributed by atoms with E-state index in [1.54, 1.807) is 13.1 Å². The van der Waals surface area contributed by atoms with Crippen LogP contribution < -0.4 is 5.32 Å². The molecule has 15 heavy (non-hydrogen) atoms. The summed E-state index contributed by atoms with van der Waals surface area (Å²) >= 11 is 0. The molecule has 1 aromatic heterocycles. The molecule has 0 aromatic carbocycles. The van der Waals surface area contributed by atoms with E-state index in [2.05, 4.69) is 10.3 Å². The number of aromatic nitrogens is 1. The van der Waals surface area contributed by atoms with Crippen molar-refractivity contribution in [2.75, 3.05) is 0 Å². The molecule has 2 N–H and O–H groups in total. The zero-order valence-corrected chi connectivity index (χ0v) is 9.03. The number of rotatable bonds is 5. The van der Waals surface area contributed by atoms with Gasteiger partial charge in [-0.1, -0.05) is 13.0 Å². The molecule has 1 heterocycles. The number of hydrogen-bond donors (Lipinski definition) is 2. The molecule has 0 saturated carbocycles. The van der Waals surface area contributed by atoms with Crippen LogP contribution in [0.3, 0.4) is 0 Å². The van der Waals surface area contributed by atoms with Gasteiger partial charge in [-0.15, -0.1) is 0 Å². The summed E-state index contributed by atoms with van der Waals surface area (Å²) in [6.07, 6.45) is 2.23. The van der Waals surface area contributed by atoms with E-state index >= 15 is 0 Å². The maximum absolute atomic E-state index is 11.0. The lowest BCUT2D eigenvalue weighted by Gasteiger charge is -2.24. The Hall–Kier alpha value is -1.42. The summed E-state index contributed by atoms with van der Waals surface area (Å²) in [7, 11) is 0. The van der Waals surface area contributed by atoms with Gasteiger partial charge in [0.2, 0.25) is 0 Å². The van der Waals surface area contributed by atoms with Crippen LogP contribution in [0.4, 0.5) is 0 Å². The standard InChI is InChI=1S/C11H16N2O2/c1-3-11(2,10(14)15)13-8-9-6-4-5-7-12-9/h4-7,13H,3,8H2,1-2H3,(H,14,15). The van der Waals surface area contributed by atoms with Gasteiger partial charge < -0.3 is 5.11 Å². The van der Waals surface area contributed by atoms with Crippen LogP contribution >= 0.6 is 0 Å². The number of aliphatic carboxylic acids is 1. The highest BCUT2D eigenvalue weighted by atomic mass is 16.4. The molecule has 0 spiro atoms. The molecule has 0 radical (unpaired) electrons. The minimum absolute atomic E-state index is 0.470. The zero-order chi connectivity index (χ0) is 11.3. The summed E-state index contributed by atoms with van der Waals surface area (Å²) in [5.41, 5.74) is -0.0317. The Kier molecular flexibility index (Phi) is 3.80. The number of pyridine rings is 1. The maximum atomic E-state index is 11.0. The summed E-state index contributed by atoms with van der Waals surface area (Å²) in [5.74, 6) is -0.832. The first-order chi connectivity index (χ1) is 7.08. The number of nitrogens with zero attached hydrogens (tertiary/aromatic N) is 1. The molecule has 0 fully saturated rings. The smallest absolute Gasteiger partial charge is 0.323 e. The van der Waals surface area contributed by atoms with Crippen molar-refractivity contribution in [3.05, 3.63) is 30.1 Å². The second-order valence-electron chi connectivity index (χ2n) is 3.67. The van der Waals surface area contributed by atoms with Crippen molar-refractivity contribution in [1.82, 2.24) is 10.3 Å². The van der Waals surface area contributed by atoms with E-state index in [-0.39, 0.29) is 0 Å². The summed E-state index contributed by atoms with van der Waals surface area (Å²) in [5, 5.41) is 12.0. The second-order valence-corrected chi connectivity index (χ2v) is 3.67. The maximum Gasteiger partial charge on any atom is 0.323 e. The van der Waals surface area contributed by atoms with Crippen molar-refractivity contribution in [1.29, 1.82) is 0 Å². The normalized spacial score (nSPS) is 14.5. The zero-order valence-electron chi connectivity index (χ0n) is 9.03. The van der Waals surface area contributed by atoms with Crippen molar-refractivity contribution < 1.29 is 9.90 Å². The molecule has 0 saturated heterocycles. The number of carboxylic acid groups (broad SMARTS) is 1. The number of carbonyl (C=O) groups is 1. The van der Waals surface area contributed by atoms with Gasteiger partial charge >= 0.3 is 5.97 Å². The van der Waals surface area contributed by atoms with Gasteiger partial charge in [0.15, 0.2) is 0 Å². The van der Waals surface area contributed by atoms with Crippen LogP contribution in [0.25, 0.3) is 0 Å². The van der Waals surface area contributed by atoms with Crippen LogP contribution in [-0.4, -0.2) is 21.6 Å². The lowest BCUT2D eigenvalue weighted by molar-refractivity contribution is -0.144. The fourth-order valence-corrected chi connectivity index (χ4v) is 1.14. The van der Waals surface area contributed by atoms with E-state index in [9.17, 15) is 4.79 Å². The monoisotopic (exact) mass is 208 g/mol. The largest absolute Gasteiger partial charge is 0.480 e. The summed E-state index contributed by atoms with van der Waals surface area (Å²) < 4.78 is 0. The highest BCUT2D eigenvalue weighted by molar-refractivity contribution is 5.78. The van der Waals surface area contributed by atoms with Gasteiger partial charge in [0, 0.05) is 12.7 Å². The van der Waals surface area contributed by atoms with Gasteiger partial charge in [0.25, 0.3) is 0 Å². The summed E-state index contributed by atoms with van der Waals surface area (Å²) in [4.78, 5) is 15.1. The molecule has 1 rings (SSSR count). The van der Waals surface area contributed by atoms with E-state index in [0.717, 1.165) is 5.69 Å². The fraction of sp³-hybridized carbons (Fsp3) is 0.455. The minimum Gasteiger partial charge on any atom is -0.480 e. The molecule has 0 amide bonds. The highest BCUT2D eigenvalue weighted by Crippen LogP contribution is 2.10. The Morgan fingerprint density at radius 3 is 2.80 bits per heavy atom. The Bertz CT molecular complexity index is 327. The van der Waals surface area contributed by atoms with Crippen molar-refractivity contribution in [2.24, 2.45) is 0 Å². The van der Waals surface area contributed by atoms with Crippen molar-refractivity contribution in [2.45, 2.75) is 32.4 Å². The Balaban J connectivity index is 2.59. The van der Waals surface area contributed by atoms with Crippen LogP contribution in [0, 0.1) is 0 Å². The van der Waals surface area contributed by atoms with Crippen LogP contribution in [0.2, 0.25) is 0 Å². The predicted octanol–water partition coefficient (Wildman–Crippen LogP) is 1.42. The molecular weight excluding hydrogens is 192 g/mol. The van der Waals surface area contributed by atoms with Crippen LogP contribution in [0.15, 0.2) is 24.4 Å². The van der Waals surface area contributed by atoms with Crippen LogP contribution in [0.1, 0.15) is 26.0 Å². The Morgan fingerprint density at radius 1 is 1.60 bits per heavy atom. The van der Waals surface area contributed by atoms with E-state index in [1.165, 1.54) is 0 Å². The topological polar surface area (TPSA) is 62.2 Å². The van der Waals surface area contributed by atoms with Crippen LogP contribution in [-0.2, 0) is 11.3 Å². The van der Waals surface area contributed by atoms with Crippen molar-refractivity contribution >= 4 is 5.97 Å². The second kappa shape index (κ2) is 4.89. The van der Waals surface area contributed by atoms with Gasteiger partial charge in [-0.25, -0.2) is 0 Å². The summed E-state index contributed by atoms with van der Waals surface area (Å²) in [6.45, 7) is 4.00. The van der Waals surface area contributed by atoms with E-state index in [1.807, 2.05) is 25.1 Å². The molecule has 0 aliphatic carbocycles. The van der Waals surface area contributed by atoms with Gasteiger partial charge in [0.1, 0.15) is 5.54 Å². The first-order valence-corrected chi connectivity index (χ1v) is 4.97. The molecule has 1 atom stereocenters. The SMILES string of the molecule is CCC(C)(NCc1ccccn1)C(=O)O. The number of nitrogens with one attached hydrogen (secondary N) is 1. The van der Waals surface area contributed by atoms with Gasteiger partial charge in [-0.05, 0) is 25.5 Å². The van der Waals surface area contributed by atoms with Gasteiger partial charge in [0.05, 0.1) is 5.69 Å². The van der Waals surface area contributed by atoms with Gasteiger partial charge in [-0.3, -0.25) is 15.1 Å². The third kappa shape index (κ3) is 3.02. The van der Waals surface area contributed by atoms with Crippen molar-refractivity contribution in [3.63, 3.8) is 0 Å². The lowest BCUT2D eigenvalue weighted by Crippen LogP contribution is -2.48. The minimum atomic E-state index is -0.877. The van der Waals surface area contributed by atoms with E-state index in [4.69, 9.17) is 5.11 Å². The molecule has 1 unspecified atom stereocenters. The molecule has 4 heteroatoms. The quantitative estimate of drug-likeness (QED) is 0.768. The fourth-order valence-electron chi connectivity index (χ4n) is 1.14. The first kappa shape index (κ1) is 11.7. The molecular formula is C11H16N2O2. The molecule has 0 aliphatic rings. The lowest BCUT2D eigenvalue weighted by atomic mass is 9.99. The van der Waals surface area contributed by atoms with E-state index < -0.39 is 11.5 Å². The third-order valence-electron chi connectivity index (χ3n) is 2.56. The van der Waals surface area contributed by atoms with Crippen molar-refractivity contribution in [3.8, 4) is 0 Å². The molecule has 1 aromatic rings. The van der Waals surface area contributed by atoms with E-state index in [0.29, 0.717) is 13.0 Å². The van der Waals surface area contributed by atoms with Crippen LogP contribution in [0.5, 0.6) is 0 Å². The molecule has 82 valence electrons. The molecule has 4 nitrogen and oxygen atoms in total. The third-order valence-corrected chi connectivity index (χ3v) is 2.56. The first-order valence-electron chi connectivity index (χ1n) is 4.97. The molecule has 0 aliphatic heterocycles. The molecule has 0 bridgehead atoms. The highest BCUT2D eigenvalue weighted by Gasteiger charge is 2.30. The summed E-state index contributed by atoms with van der Waals surface area (Å²) in [6, 6.07) is 5.58. The Morgan fingerprint density at radius 2 is 2.33 bits per heavy atom. The average Bonchev–Trinajstić information content (AvgIpc) is 2.27. The van der Waals surface area contributed by atoms with Gasteiger partial charge in [-0.2, -0.15) is 0 Å². The average molecular weight is 208 g/mol. The number of hydrogen-bond acceptors (Lipinski definition) is 3. The number of carboxylic acids is 1.